The number of hydrogen-bond acceptors (Lipinski definition) is 3. The number of hydrogen-bond donors (Lipinski definition) is 2. The molecule has 0 amide bonds. The van der Waals surface area contributed by atoms with Crippen molar-refractivity contribution >= 4 is 29.9 Å². The highest BCUT2D eigenvalue weighted by Crippen LogP contribution is 2.02. The maximum atomic E-state index is 4.73. The van der Waals surface area contributed by atoms with Crippen LogP contribution in [-0.4, -0.2) is 40.4 Å². The molecule has 27 heavy (non-hydrogen) atoms. The molecule has 1 aromatic carbocycles. The maximum absolute atomic E-state index is 4.73. The molecule has 1 heterocycles. The van der Waals surface area contributed by atoms with Crippen molar-refractivity contribution in [3.8, 4) is 0 Å². The first-order chi connectivity index (χ1) is 12.8. The Morgan fingerprint density at radius 3 is 2.59 bits per heavy atom. The van der Waals surface area contributed by atoms with Crippen molar-refractivity contribution in [2.24, 2.45) is 4.99 Å². The Labute approximate surface area is 180 Å². The van der Waals surface area contributed by atoms with Crippen LogP contribution in [0, 0.1) is 0 Å². The normalized spacial score (nSPS) is 11.1. The Balaban J connectivity index is 0.00000364. The van der Waals surface area contributed by atoms with Gasteiger partial charge >= 0.3 is 0 Å². The van der Waals surface area contributed by atoms with Crippen LogP contribution in [0.1, 0.15) is 44.5 Å². The van der Waals surface area contributed by atoms with Gasteiger partial charge in [-0.1, -0.05) is 50.6 Å². The van der Waals surface area contributed by atoms with Gasteiger partial charge in [0.15, 0.2) is 5.96 Å². The van der Waals surface area contributed by atoms with Gasteiger partial charge in [-0.25, -0.2) is 0 Å². The molecule has 0 fully saturated rings. The van der Waals surface area contributed by atoms with Crippen LogP contribution >= 0.6 is 24.0 Å². The first-order valence-electron chi connectivity index (χ1n) is 9.76. The van der Waals surface area contributed by atoms with Crippen LogP contribution in [0.5, 0.6) is 0 Å². The summed E-state index contributed by atoms with van der Waals surface area (Å²) in [7, 11) is 0. The fourth-order valence-electron chi connectivity index (χ4n) is 2.71. The van der Waals surface area contributed by atoms with E-state index in [1.165, 1.54) is 12.0 Å². The van der Waals surface area contributed by atoms with Crippen LogP contribution < -0.4 is 10.6 Å². The molecule has 0 radical (unpaired) electrons. The van der Waals surface area contributed by atoms with Gasteiger partial charge in [0.2, 0.25) is 0 Å². The van der Waals surface area contributed by atoms with Crippen molar-refractivity contribution < 1.29 is 0 Å². The zero-order valence-electron chi connectivity index (χ0n) is 16.5. The average Bonchev–Trinajstić information content (AvgIpc) is 3.13. The standard InChI is InChI=1S/C20H32N6.HI/c1-3-5-13-21-20(22-14-9-12-18-10-7-6-8-11-18)23-15-16-26-17-24-25-19(26)4-2;/h6-8,10-11,17H,3-5,9,12-16H2,1-2H3,(H2,21,22,23);1H. The molecule has 0 atom stereocenters. The van der Waals surface area contributed by atoms with Gasteiger partial charge < -0.3 is 15.2 Å². The third kappa shape index (κ3) is 9.21. The van der Waals surface area contributed by atoms with Gasteiger partial charge in [-0.2, -0.15) is 0 Å². The maximum Gasteiger partial charge on any atom is 0.191 e. The number of nitrogens with zero attached hydrogens (tertiary/aromatic N) is 4. The molecule has 2 rings (SSSR count). The second kappa shape index (κ2) is 14.4. The summed E-state index contributed by atoms with van der Waals surface area (Å²) in [5, 5.41) is 15.0. The summed E-state index contributed by atoms with van der Waals surface area (Å²) >= 11 is 0. The fraction of sp³-hybridized carbons (Fsp3) is 0.550. The number of unbranched alkanes of at least 4 members (excludes halogenated alkanes) is 1. The Morgan fingerprint density at radius 2 is 1.85 bits per heavy atom. The smallest absolute Gasteiger partial charge is 0.191 e. The van der Waals surface area contributed by atoms with E-state index in [1.807, 2.05) is 0 Å². The summed E-state index contributed by atoms with van der Waals surface area (Å²) in [5.74, 6) is 1.92. The molecule has 0 bridgehead atoms. The highest BCUT2D eigenvalue weighted by molar-refractivity contribution is 14.0. The van der Waals surface area contributed by atoms with E-state index in [4.69, 9.17) is 4.99 Å². The van der Waals surface area contributed by atoms with Crippen LogP contribution in [-0.2, 0) is 19.4 Å². The molecule has 0 saturated carbocycles. The number of nitrogens with one attached hydrogen (secondary N) is 2. The molecule has 0 unspecified atom stereocenters. The summed E-state index contributed by atoms with van der Waals surface area (Å²) in [6.07, 6.45) is 7.13. The Morgan fingerprint density at radius 1 is 1.07 bits per heavy atom. The van der Waals surface area contributed by atoms with Gasteiger partial charge in [0, 0.05) is 32.6 Å². The van der Waals surface area contributed by atoms with Crippen LogP contribution in [0.25, 0.3) is 0 Å². The van der Waals surface area contributed by atoms with Crippen molar-refractivity contribution in [2.45, 2.75) is 52.5 Å². The summed E-state index contributed by atoms with van der Waals surface area (Å²) in [6, 6.07) is 10.6. The highest BCUT2D eigenvalue weighted by atomic mass is 127. The fourth-order valence-corrected chi connectivity index (χ4v) is 2.71. The van der Waals surface area contributed by atoms with Gasteiger partial charge in [-0.05, 0) is 24.8 Å². The molecule has 150 valence electrons. The van der Waals surface area contributed by atoms with Gasteiger partial charge in [-0.3, -0.25) is 4.99 Å². The van der Waals surface area contributed by atoms with Crippen molar-refractivity contribution in [1.82, 2.24) is 25.4 Å². The third-order valence-electron chi connectivity index (χ3n) is 4.22. The molecule has 2 aromatic rings. The van der Waals surface area contributed by atoms with Crippen molar-refractivity contribution in [2.75, 3.05) is 19.6 Å². The summed E-state index contributed by atoms with van der Waals surface area (Å²) in [6.45, 7) is 7.72. The SMILES string of the molecule is CCCCNC(=NCCCc1ccccc1)NCCn1cnnc1CC.I. The number of aliphatic imine (C=N–C) groups is 1. The van der Waals surface area contributed by atoms with E-state index >= 15 is 0 Å². The highest BCUT2D eigenvalue weighted by Gasteiger charge is 2.02. The van der Waals surface area contributed by atoms with E-state index in [9.17, 15) is 0 Å². The van der Waals surface area contributed by atoms with Crippen molar-refractivity contribution in [3.05, 3.63) is 48.0 Å². The van der Waals surface area contributed by atoms with Crippen LogP contribution in [0.4, 0.5) is 0 Å². The molecule has 2 N–H and O–H groups in total. The summed E-state index contributed by atoms with van der Waals surface area (Å²) < 4.78 is 2.09. The summed E-state index contributed by atoms with van der Waals surface area (Å²) in [4.78, 5) is 4.73. The van der Waals surface area contributed by atoms with Crippen LogP contribution in [0.15, 0.2) is 41.7 Å². The van der Waals surface area contributed by atoms with Crippen LogP contribution in [0.2, 0.25) is 0 Å². The van der Waals surface area contributed by atoms with E-state index in [0.717, 1.165) is 63.6 Å². The summed E-state index contributed by atoms with van der Waals surface area (Å²) in [5.41, 5.74) is 1.37. The minimum Gasteiger partial charge on any atom is -0.356 e. The minimum absolute atomic E-state index is 0. The second-order valence-electron chi connectivity index (χ2n) is 6.32. The third-order valence-corrected chi connectivity index (χ3v) is 4.22. The first-order valence-corrected chi connectivity index (χ1v) is 9.76. The lowest BCUT2D eigenvalue weighted by Crippen LogP contribution is -2.39. The molecular weight excluding hydrogens is 451 g/mol. The van der Waals surface area contributed by atoms with E-state index in [-0.39, 0.29) is 24.0 Å². The molecule has 6 nitrogen and oxygen atoms in total. The predicted octanol–water partition coefficient (Wildman–Crippen LogP) is 3.43. The Kier molecular flexibility index (Phi) is 12.5. The molecule has 0 aliphatic heterocycles. The largest absolute Gasteiger partial charge is 0.356 e. The van der Waals surface area contributed by atoms with Gasteiger partial charge in [-0.15, -0.1) is 34.2 Å². The van der Waals surface area contributed by atoms with E-state index in [1.54, 1.807) is 6.33 Å². The molecule has 0 aliphatic carbocycles. The zero-order valence-corrected chi connectivity index (χ0v) is 18.9. The van der Waals surface area contributed by atoms with E-state index in [0.29, 0.717) is 0 Å². The molecule has 0 saturated heterocycles. The van der Waals surface area contributed by atoms with E-state index < -0.39 is 0 Å². The molecule has 0 spiro atoms. The minimum atomic E-state index is 0. The molecular formula is C20H33IN6. The quantitative estimate of drug-likeness (QED) is 0.222. The molecule has 0 aliphatic rings. The molecule has 1 aromatic heterocycles. The first kappa shape index (κ1) is 23.4. The van der Waals surface area contributed by atoms with Gasteiger partial charge in [0.25, 0.3) is 0 Å². The number of halogens is 1. The number of guanidine groups is 1. The molecule has 7 heteroatoms. The van der Waals surface area contributed by atoms with Gasteiger partial charge in [0.05, 0.1) is 0 Å². The van der Waals surface area contributed by atoms with Crippen LogP contribution in [0.3, 0.4) is 0 Å². The Bertz CT molecular complexity index is 641. The lowest BCUT2D eigenvalue weighted by molar-refractivity contribution is 0.628. The Hall–Kier alpha value is -1.64. The average molecular weight is 484 g/mol. The lowest BCUT2D eigenvalue weighted by atomic mass is 10.1. The zero-order chi connectivity index (χ0) is 18.5. The van der Waals surface area contributed by atoms with Crippen molar-refractivity contribution in [1.29, 1.82) is 0 Å². The topological polar surface area (TPSA) is 67.1 Å². The number of benzene rings is 1. The second-order valence-corrected chi connectivity index (χ2v) is 6.32. The number of rotatable bonds is 11. The number of aryl methyl sites for hydroxylation is 2. The predicted molar refractivity (Wildman–Crippen MR) is 123 cm³/mol. The van der Waals surface area contributed by atoms with Gasteiger partial charge in [0.1, 0.15) is 12.2 Å². The lowest BCUT2D eigenvalue weighted by Gasteiger charge is -2.13. The van der Waals surface area contributed by atoms with E-state index in [2.05, 4.69) is 69.6 Å². The monoisotopic (exact) mass is 484 g/mol. The number of aromatic nitrogens is 3. The van der Waals surface area contributed by atoms with Crippen molar-refractivity contribution in [3.63, 3.8) is 0 Å².